The van der Waals surface area contributed by atoms with Crippen molar-refractivity contribution in [3.8, 4) is 5.88 Å². The quantitative estimate of drug-likeness (QED) is 0.885. The molecule has 0 spiro atoms. The van der Waals surface area contributed by atoms with E-state index >= 15 is 0 Å². The zero-order valence-corrected chi connectivity index (χ0v) is 11.3. The first-order valence-electron chi connectivity index (χ1n) is 6.34. The number of hydrogen-bond donors (Lipinski definition) is 1. The molecule has 0 saturated heterocycles. The summed E-state index contributed by atoms with van der Waals surface area (Å²) < 4.78 is 48.5. The molecule has 0 atom stereocenters. The molecule has 1 N–H and O–H groups in total. The van der Waals surface area contributed by atoms with Crippen LogP contribution in [-0.2, 0) is 12.8 Å². The molecule has 114 valence electrons. The fourth-order valence-electron chi connectivity index (χ4n) is 1.51. The van der Waals surface area contributed by atoms with Gasteiger partial charge in [-0.2, -0.15) is 18.2 Å². The van der Waals surface area contributed by atoms with E-state index in [1.807, 2.05) is 6.92 Å². The monoisotopic (exact) mass is 301 g/mol. The third kappa shape index (κ3) is 4.37. The van der Waals surface area contributed by atoms with E-state index in [0.717, 1.165) is 6.42 Å². The van der Waals surface area contributed by atoms with Crippen LogP contribution < -0.4 is 10.1 Å². The van der Waals surface area contributed by atoms with E-state index in [0.29, 0.717) is 12.3 Å². The highest BCUT2D eigenvalue weighted by Gasteiger charge is 2.35. The lowest BCUT2D eigenvalue weighted by Gasteiger charge is -2.11. The highest BCUT2D eigenvalue weighted by molar-refractivity contribution is 5.38. The number of halogens is 3. The summed E-state index contributed by atoms with van der Waals surface area (Å²) in [6.07, 6.45) is -2.42. The molecule has 2 aromatic heterocycles. The van der Waals surface area contributed by atoms with Crippen molar-refractivity contribution in [2.45, 2.75) is 26.1 Å². The lowest BCUT2D eigenvalue weighted by atomic mass is 10.4. The molecule has 2 heterocycles. The number of nitrogens with one attached hydrogen (secondary N) is 1. The molecule has 0 radical (unpaired) electrons. The SMILES string of the molecule is CCCNc1cc(OCc2ccco2)nc(C(F)(F)F)n1. The topological polar surface area (TPSA) is 60.2 Å². The van der Waals surface area contributed by atoms with E-state index in [4.69, 9.17) is 9.15 Å². The van der Waals surface area contributed by atoms with Gasteiger partial charge in [-0.05, 0) is 18.6 Å². The molecule has 0 unspecified atom stereocenters. The van der Waals surface area contributed by atoms with E-state index in [2.05, 4.69) is 15.3 Å². The number of aromatic nitrogens is 2. The van der Waals surface area contributed by atoms with E-state index < -0.39 is 12.0 Å². The number of rotatable bonds is 6. The maximum atomic E-state index is 12.8. The Morgan fingerprint density at radius 3 is 2.76 bits per heavy atom. The molecule has 0 amide bonds. The van der Waals surface area contributed by atoms with E-state index in [9.17, 15) is 13.2 Å². The maximum absolute atomic E-state index is 12.8. The summed E-state index contributed by atoms with van der Waals surface area (Å²) in [5.41, 5.74) is 0. The molecular weight excluding hydrogens is 287 g/mol. The predicted molar refractivity (Wildman–Crippen MR) is 68.9 cm³/mol. The van der Waals surface area contributed by atoms with Gasteiger partial charge in [0.15, 0.2) is 0 Å². The summed E-state index contributed by atoms with van der Waals surface area (Å²) in [5, 5.41) is 2.79. The Labute approximate surface area is 119 Å². The minimum Gasteiger partial charge on any atom is -0.469 e. The predicted octanol–water partition coefficient (Wildman–Crippen LogP) is 3.49. The van der Waals surface area contributed by atoms with E-state index in [-0.39, 0.29) is 18.3 Å². The van der Waals surface area contributed by atoms with Crippen molar-refractivity contribution in [2.24, 2.45) is 0 Å². The van der Waals surface area contributed by atoms with Crippen molar-refractivity contribution in [3.63, 3.8) is 0 Å². The van der Waals surface area contributed by atoms with Gasteiger partial charge in [0.2, 0.25) is 11.7 Å². The van der Waals surface area contributed by atoms with Crippen LogP contribution in [0.3, 0.4) is 0 Å². The lowest BCUT2D eigenvalue weighted by Crippen LogP contribution is -2.14. The maximum Gasteiger partial charge on any atom is 0.451 e. The molecule has 0 aliphatic heterocycles. The average molecular weight is 301 g/mol. The molecule has 0 saturated carbocycles. The van der Waals surface area contributed by atoms with Crippen LogP contribution in [0.25, 0.3) is 0 Å². The third-order valence-corrected chi connectivity index (χ3v) is 2.45. The Morgan fingerprint density at radius 2 is 2.14 bits per heavy atom. The summed E-state index contributed by atoms with van der Waals surface area (Å²) >= 11 is 0. The van der Waals surface area contributed by atoms with Crippen LogP contribution in [0.2, 0.25) is 0 Å². The number of ether oxygens (including phenoxy) is 1. The second kappa shape index (κ2) is 6.47. The van der Waals surface area contributed by atoms with Gasteiger partial charge in [-0.25, -0.2) is 4.98 Å². The molecule has 5 nitrogen and oxygen atoms in total. The van der Waals surface area contributed by atoms with E-state index in [1.54, 1.807) is 12.1 Å². The zero-order valence-electron chi connectivity index (χ0n) is 11.3. The van der Waals surface area contributed by atoms with Crippen LogP contribution in [-0.4, -0.2) is 16.5 Å². The van der Waals surface area contributed by atoms with Gasteiger partial charge in [-0.1, -0.05) is 6.92 Å². The molecule has 0 bridgehead atoms. The number of nitrogens with zero attached hydrogens (tertiary/aromatic N) is 2. The van der Waals surface area contributed by atoms with Gasteiger partial charge in [0.05, 0.1) is 6.26 Å². The average Bonchev–Trinajstić information content (AvgIpc) is 2.95. The molecule has 0 fully saturated rings. The van der Waals surface area contributed by atoms with Crippen molar-refractivity contribution < 1.29 is 22.3 Å². The Hall–Kier alpha value is -2.25. The molecule has 21 heavy (non-hydrogen) atoms. The van der Waals surface area contributed by atoms with Gasteiger partial charge < -0.3 is 14.5 Å². The Bertz CT molecular complexity index is 571. The first-order chi connectivity index (χ1) is 9.99. The van der Waals surface area contributed by atoms with E-state index in [1.165, 1.54) is 12.3 Å². The summed E-state index contributed by atoms with van der Waals surface area (Å²) in [6.45, 7) is 2.40. The normalized spacial score (nSPS) is 11.4. The van der Waals surface area contributed by atoms with Gasteiger partial charge in [-0.15, -0.1) is 0 Å². The Morgan fingerprint density at radius 1 is 1.33 bits per heavy atom. The summed E-state index contributed by atoms with van der Waals surface area (Å²) in [7, 11) is 0. The van der Waals surface area contributed by atoms with Gasteiger partial charge in [-0.3, -0.25) is 0 Å². The van der Waals surface area contributed by atoms with Gasteiger partial charge in [0, 0.05) is 12.6 Å². The fraction of sp³-hybridized carbons (Fsp3) is 0.385. The van der Waals surface area contributed by atoms with Crippen molar-refractivity contribution >= 4 is 5.82 Å². The Kier molecular flexibility index (Phi) is 4.66. The summed E-state index contributed by atoms with van der Waals surface area (Å²) in [5.74, 6) is -0.829. The smallest absolute Gasteiger partial charge is 0.451 e. The van der Waals surface area contributed by atoms with Crippen molar-refractivity contribution in [1.29, 1.82) is 0 Å². The van der Waals surface area contributed by atoms with Gasteiger partial charge >= 0.3 is 6.18 Å². The van der Waals surface area contributed by atoms with Crippen LogP contribution >= 0.6 is 0 Å². The minimum absolute atomic E-state index is 0.00543. The largest absolute Gasteiger partial charge is 0.469 e. The second-order valence-corrected chi connectivity index (χ2v) is 4.21. The highest BCUT2D eigenvalue weighted by atomic mass is 19.4. The van der Waals surface area contributed by atoms with Gasteiger partial charge in [0.25, 0.3) is 0 Å². The molecule has 2 aromatic rings. The van der Waals surface area contributed by atoms with Crippen LogP contribution in [0.15, 0.2) is 28.9 Å². The van der Waals surface area contributed by atoms with Crippen molar-refractivity contribution in [2.75, 3.05) is 11.9 Å². The number of anilines is 1. The van der Waals surface area contributed by atoms with Crippen LogP contribution in [0, 0.1) is 0 Å². The summed E-state index contributed by atoms with van der Waals surface area (Å²) in [4.78, 5) is 6.81. The lowest BCUT2D eigenvalue weighted by molar-refractivity contribution is -0.145. The van der Waals surface area contributed by atoms with Crippen LogP contribution in [0.5, 0.6) is 5.88 Å². The van der Waals surface area contributed by atoms with Crippen LogP contribution in [0.1, 0.15) is 24.9 Å². The molecule has 0 aliphatic carbocycles. The number of hydrogen-bond acceptors (Lipinski definition) is 5. The Balaban J connectivity index is 2.17. The second-order valence-electron chi connectivity index (χ2n) is 4.21. The molecular formula is C13H14F3N3O2. The minimum atomic E-state index is -4.63. The van der Waals surface area contributed by atoms with Gasteiger partial charge in [0.1, 0.15) is 18.2 Å². The first-order valence-corrected chi connectivity index (χ1v) is 6.34. The first kappa shape index (κ1) is 15.1. The molecule has 0 aromatic carbocycles. The molecule has 8 heteroatoms. The number of furan rings is 1. The summed E-state index contributed by atoms with van der Waals surface area (Å²) in [6, 6.07) is 4.64. The molecule has 0 aliphatic rings. The zero-order chi connectivity index (χ0) is 15.3. The van der Waals surface area contributed by atoms with Crippen molar-refractivity contribution in [3.05, 3.63) is 36.0 Å². The number of alkyl halides is 3. The standard InChI is InChI=1S/C13H14F3N3O2/c1-2-5-17-10-7-11(19-12(18-10)13(14,15)16)21-8-9-4-3-6-20-9/h3-4,6-7H,2,5,8H2,1H3,(H,17,18,19). The van der Waals surface area contributed by atoms with Crippen LogP contribution in [0.4, 0.5) is 19.0 Å². The molecule has 2 rings (SSSR count). The van der Waals surface area contributed by atoms with Crippen molar-refractivity contribution in [1.82, 2.24) is 9.97 Å². The fourth-order valence-corrected chi connectivity index (χ4v) is 1.51. The third-order valence-electron chi connectivity index (χ3n) is 2.45. The highest BCUT2D eigenvalue weighted by Crippen LogP contribution is 2.29.